The zero-order chi connectivity index (χ0) is 19.3. The largest absolute Gasteiger partial charge is 0.384 e. The first-order chi connectivity index (χ1) is 13.8. The quantitative estimate of drug-likeness (QED) is 0.459. The van der Waals surface area contributed by atoms with E-state index in [1.165, 1.54) is 0 Å². The highest BCUT2D eigenvalue weighted by molar-refractivity contribution is 5.86. The summed E-state index contributed by atoms with van der Waals surface area (Å²) in [7, 11) is 0. The predicted molar refractivity (Wildman–Crippen MR) is 111 cm³/mol. The Bertz CT molecular complexity index is 1090. The average molecular weight is 376 g/mol. The first-order valence-electron chi connectivity index (χ1n) is 9.53. The van der Waals surface area contributed by atoms with E-state index < -0.39 is 0 Å². The highest BCUT2D eigenvalue weighted by atomic mass is 16.5. The van der Waals surface area contributed by atoms with Gasteiger partial charge in [-0.2, -0.15) is 9.61 Å². The highest BCUT2D eigenvalue weighted by Crippen LogP contribution is 2.27. The molecule has 0 aliphatic carbocycles. The maximum absolute atomic E-state index is 6.21. The normalized spacial score (nSPS) is 11.5. The number of nitrogens with two attached hydrogens (primary N) is 1. The van der Waals surface area contributed by atoms with E-state index in [-0.39, 0.29) is 0 Å². The van der Waals surface area contributed by atoms with Crippen molar-refractivity contribution in [1.82, 2.24) is 24.9 Å². The van der Waals surface area contributed by atoms with Gasteiger partial charge in [-0.1, -0.05) is 18.2 Å². The van der Waals surface area contributed by atoms with Gasteiger partial charge in [0.05, 0.1) is 17.4 Å². The van der Waals surface area contributed by atoms with E-state index >= 15 is 0 Å². The van der Waals surface area contributed by atoms with Gasteiger partial charge in [-0.25, -0.2) is 4.98 Å². The topological polar surface area (TPSA) is 90.4 Å². The molecule has 0 spiro atoms. The molecule has 0 radical (unpaired) electrons. The second-order valence-corrected chi connectivity index (χ2v) is 6.61. The van der Waals surface area contributed by atoms with Crippen LogP contribution in [0, 0.1) is 0 Å². The van der Waals surface area contributed by atoms with Crippen molar-refractivity contribution in [3.05, 3.63) is 54.5 Å². The number of nitrogen functional groups attached to an aromatic ring is 1. The van der Waals surface area contributed by atoms with E-state index in [1.807, 2.05) is 37.4 Å². The molecule has 0 fully saturated rings. The van der Waals surface area contributed by atoms with Crippen LogP contribution in [0.15, 0.2) is 48.8 Å². The van der Waals surface area contributed by atoms with Crippen molar-refractivity contribution in [2.45, 2.75) is 19.9 Å². The summed E-state index contributed by atoms with van der Waals surface area (Å²) in [5.74, 6) is 0.566. The Labute approximate surface area is 163 Å². The lowest BCUT2D eigenvalue weighted by Gasteiger charge is -2.08. The summed E-state index contributed by atoms with van der Waals surface area (Å²) in [6.07, 6.45) is 4.62. The average Bonchev–Trinajstić information content (AvgIpc) is 3.15. The number of ether oxygens (including phenoxy) is 1. The Hall–Kier alpha value is -3.03. The van der Waals surface area contributed by atoms with E-state index in [1.54, 1.807) is 10.7 Å². The van der Waals surface area contributed by atoms with Gasteiger partial charge in [0, 0.05) is 48.5 Å². The lowest BCUT2D eigenvalue weighted by atomic mass is 10.1. The van der Waals surface area contributed by atoms with Gasteiger partial charge in [-0.15, -0.1) is 0 Å². The number of rotatable bonds is 8. The van der Waals surface area contributed by atoms with Gasteiger partial charge in [0.25, 0.3) is 0 Å². The van der Waals surface area contributed by atoms with Crippen molar-refractivity contribution in [2.24, 2.45) is 0 Å². The van der Waals surface area contributed by atoms with Gasteiger partial charge in [0.2, 0.25) is 0 Å². The molecule has 0 aliphatic heterocycles. The number of aromatic nitrogens is 4. The summed E-state index contributed by atoms with van der Waals surface area (Å²) < 4.78 is 7.02. The molecule has 3 aromatic heterocycles. The van der Waals surface area contributed by atoms with Gasteiger partial charge in [-0.05, 0) is 32.0 Å². The van der Waals surface area contributed by atoms with E-state index in [0.29, 0.717) is 12.4 Å². The van der Waals surface area contributed by atoms with E-state index in [0.717, 1.165) is 59.6 Å². The molecular formula is C21H24N6O. The van der Waals surface area contributed by atoms with Crippen molar-refractivity contribution in [3.63, 3.8) is 0 Å². The third-order valence-electron chi connectivity index (χ3n) is 4.61. The molecule has 4 rings (SSSR count). The Kier molecular flexibility index (Phi) is 5.45. The molecular weight excluding hydrogens is 352 g/mol. The second kappa shape index (κ2) is 8.33. The minimum absolute atomic E-state index is 0.566. The van der Waals surface area contributed by atoms with Crippen LogP contribution in [0.5, 0.6) is 0 Å². The summed E-state index contributed by atoms with van der Waals surface area (Å²) in [6.45, 7) is 5.03. The fourth-order valence-corrected chi connectivity index (χ4v) is 3.21. The molecule has 144 valence electrons. The van der Waals surface area contributed by atoms with Gasteiger partial charge in [0.1, 0.15) is 5.82 Å². The van der Waals surface area contributed by atoms with E-state index in [4.69, 9.17) is 15.5 Å². The fourth-order valence-electron chi connectivity index (χ4n) is 3.21. The molecule has 0 saturated carbocycles. The van der Waals surface area contributed by atoms with Gasteiger partial charge < -0.3 is 15.8 Å². The summed E-state index contributed by atoms with van der Waals surface area (Å²) >= 11 is 0. The Morgan fingerprint density at radius 1 is 1.18 bits per heavy atom. The van der Waals surface area contributed by atoms with Crippen LogP contribution < -0.4 is 11.1 Å². The molecule has 4 aromatic rings. The summed E-state index contributed by atoms with van der Waals surface area (Å²) in [6, 6.07) is 12.0. The molecule has 0 bridgehead atoms. The number of benzene rings is 1. The van der Waals surface area contributed by atoms with Crippen molar-refractivity contribution in [3.8, 4) is 11.1 Å². The molecule has 3 N–H and O–H groups in total. The Morgan fingerprint density at radius 3 is 2.96 bits per heavy atom. The van der Waals surface area contributed by atoms with Crippen LogP contribution in [0.3, 0.4) is 0 Å². The van der Waals surface area contributed by atoms with Crippen molar-refractivity contribution in [2.75, 3.05) is 25.5 Å². The molecule has 0 unspecified atom stereocenters. The number of nitrogens with zero attached hydrogens (tertiary/aromatic N) is 4. The van der Waals surface area contributed by atoms with Crippen LogP contribution in [0.1, 0.15) is 19.0 Å². The molecule has 0 saturated heterocycles. The smallest absolute Gasteiger partial charge is 0.165 e. The second-order valence-electron chi connectivity index (χ2n) is 6.61. The predicted octanol–water partition coefficient (Wildman–Crippen LogP) is 3.04. The van der Waals surface area contributed by atoms with Crippen LogP contribution in [0.2, 0.25) is 0 Å². The third-order valence-corrected chi connectivity index (χ3v) is 4.61. The summed E-state index contributed by atoms with van der Waals surface area (Å²) in [5, 5.41) is 8.88. The Balaban J connectivity index is 1.59. The maximum Gasteiger partial charge on any atom is 0.165 e. The molecule has 0 amide bonds. The molecule has 0 atom stereocenters. The molecule has 1 aromatic carbocycles. The maximum atomic E-state index is 6.21. The monoisotopic (exact) mass is 376 g/mol. The van der Waals surface area contributed by atoms with Gasteiger partial charge >= 0.3 is 0 Å². The SMILES string of the molecule is CCOCCCNCc1cc(N)n2ncc(-c3cnc4ccccc4c3)c2n1. The van der Waals surface area contributed by atoms with Gasteiger partial charge in [-0.3, -0.25) is 4.98 Å². The van der Waals surface area contributed by atoms with Crippen molar-refractivity contribution in [1.29, 1.82) is 0 Å². The third kappa shape index (κ3) is 3.81. The van der Waals surface area contributed by atoms with Crippen molar-refractivity contribution >= 4 is 22.4 Å². The zero-order valence-electron chi connectivity index (χ0n) is 15.9. The number of pyridine rings is 1. The van der Waals surface area contributed by atoms with Crippen LogP contribution in [-0.2, 0) is 11.3 Å². The van der Waals surface area contributed by atoms with Crippen LogP contribution >= 0.6 is 0 Å². The minimum atomic E-state index is 0.566. The number of hydrogen-bond acceptors (Lipinski definition) is 6. The number of anilines is 1. The standard InChI is InChI=1S/C21H24N6O/c1-2-28-9-5-8-23-13-17-11-20(22)27-21(26-17)18(14-25-27)16-10-15-6-3-4-7-19(15)24-12-16/h3-4,6-7,10-12,14,23H,2,5,8-9,13,22H2,1H3. The first-order valence-corrected chi connectivity index (χ1v) is 9.53. The molecule has 0 aliphatic rings. The number of hydrogen-bond donors (Lipinski definition) is 2. The van der Waals surface area contributed by atoms with E-state index in [2.05, 4.69) is 27.5 Å². The minimum Gasteiger partial charge on any atom is -0.384 e. The van der Waals surface area contributed by atoms with Gasteiger partial charge in [0.15, 0.2) is 5.65 Å². The lowest BCUT2D eigenvalue weighted by Crippen LogP contribution is -2.18. The van der Waals surface area contributed by atoms with Crippen LogP contribution in [-0.4, -0.2) is 39.3 Å². The number of nitrogens with one attached hydrogen (secondary N) is 1. The summed E-state index contributed by atoms with van der Waals surface area (Å²) in [5.41, 5.74) is 10.7. The van der Waals surface area contributed by atoms with Crippen LogP contribution in [0.4, 0.5) is 5.82 Å². The number of para-hydroxylation sites is 1. The van der Waals surface area contributed by atoms with Crippen molar-refractivity contribution < 1.29 is 4.74 Å². The van der Waals surface area contributed by atoms with Crippen LogP contribution in [0.25, 0.3) is 27.7 Å². The number of fused-ring (bicyclic) bond motifs is 2. The fraction of sp³-hybridized carbons (Fsp3) is 0.286. The lowest BCUT2D eigenvalue weighted by molar-refractivity contribution is 0.144. The molecule has 7 nitrogen and oxygen atoms in total. The molecule has 3 heterocycles. The highest BCUT2D eigenvalue weighted by Gasteiger charge is 2.12. The molecule has 7 heteroatoms. The van der Waals surface area contributed by atoms with E-state index in [9.17, 15) is 0 Å². The first kappa shape index (κ1) is 18.3. The Morgan fingerprint density at radius 2 is 2.07 bits per heavy atom. The molecule has 28 heavy (non-hydrogen) atoms. The summed E-state index contributed by atoms with van der Waals surface area (Å²) in [4.78, 5) is 9.34. The zero-order valence-corrected chi connectivity index (χ0v) is 15.9.